The van der Waals surface area contributed by atoms with E-state index < -0.39 is 17.9 Å². The molecule has 4 aromatic rings. The Bertz CT molecular complexity index is 1840. The molecule has 12 heteroatoms. The molecule has 1 saturated carbocycles. The van der Waals surface area contributed by atoms with E-state index in [1.54, 1.807) is 43.1 Å². The molecular weight excluding hydrogens is 583 g/mol. The van der Waals surface area contributed by atoms with E-state index in [0.717, 1.165) is 6.42 Å². The molecule has 1 aromatic carbocycles. The van der Waals surface area contributed by atoms with E-state index in [4.69, 9.17) is 16.3 Å². The van der Waals surface area contributed by atoms with E-state index in [1.165, 1.54) is 23.0 Å². The molecule has 2 saturated heterocycles. The molecule has 0 N–H and O–H groups in total. The van der Waals surface area contributed by atoms with Gasteiger partial charge in [0.25, 0.3) is 11.5 Å². The Hall–Kier alpha value is -3.96. The number of hydrogen-bond acceptors (Lipinski definition) is 5. The number of halogens is 4. The van der Waals surface area contributed by atoms with Gasteiger partial charge in [-0.3, -0.25) is 19.1 Å². The number of hydrogen-bond donors (Lipinski definition) is 0. The van der Waals surface area contributed by atoms with Crippen molar-refractivity contribution in [1.82, 2.24) is 24.2 Å². The number of aromatic nitrogens is 4. The van der Waals surface area contributed by atoms with Crippen molar-refractivity contribution in [2.75, 3.05) is 13.2 Å². The first-order valence-corrected chi connectivity index (χ1v) is 14.4. The highest BCUT2D eigenvalue weighted by Gasteiger charge is 2.43. The number of amides is 1. The van der Waals surface area contributed by atoms with Crippen molar-refractivity contribution in [3.8, 4) is 16.9 Å². The fourth-order valence-electron chi connectivity index (χ4n) is 6.46. The minimum absolute atomic E-state index is 0.00317. The minimum Gasteiger partial charge on any atom is -0.374 e. The number of morpholine rings is 1. The second kappa shape index (κ2) is 10.3. The Morgan fingerprint density at radius 3 is 2.65 bits per heavy atom. The highest BCUT2D eigenvalue weighted by molar-refractivity contribution is 6.31. The first-order chi connectivity index (χ1) is 20.6. The number of fused-ring (bicyclic) bond motifs is 2. The van der Waals surface area contributed by atoms with Gasteiger partial charge in [0.05, 0.1) is 41.9 Å². The van der Waals surface area contributed by atoms with E-state index >= 15 is 4.39 Å². The van der Waals surface area contributed by atoms with E-state index in [9.17, 15) is 18.4 Å². The number of carbonyl (C=O) groups excluding carboxylic acids is 1. The third-order valence-corrected chi connectivity index (χ3v) is 9.16. The van der Waals surface area contributed by atoms with Gasteiger partial charge in [0.15, 0.2) is 0 Å². The van der Waals surface area contributed by atoms with Crippen LogP contribution in [0.4, 0.5) is 13.2 Å². The van der Waals surface area contributed by atoms with E-state index in [1.807, 2.05) is 6.07 Å². The highest BCUT2D eigenvalue weighted by atomic mass is 35.5. The molecule has 3 aromatic heterocycles. The Morgan fingerprint density at radius 2 is 1.95 bits per heavy atom. The quantitative estimate of drug-likeness (QED) is 0.277. The summed E-state index contributed by atoms with van der Waals surface area (Å²) in [5.41, 5.74) is 3.02. The van der Waals surface area contributed by atoms with Crippen molar-refractivity contribution in [2.24, 2.45) is 0 Å². The normalized spacial score (nSPS) is 22.5. The fraction of sp³-hybridized carbons (Fsp3) is 0.355. The molecule has 8 nitrogen and oxygen atoms in total. The largest absolute Gasteiger partial charge is 0.374 e. The maximum atomic E-state index is 15.9. The monoisotopic (exact) mass is 609 g/mol. The minimum atomic E-state index is -2.72. The standard InChI is InChI=1S/C31H27ClF3N5O3/c1-15-10-36-25(20-4-3-5-21(28(20)33)29(41)38-13-19-7-18(38)14-43-19)9-26(15)40-16(2)6-24(27(32)30(40)42)23-8-22(23)17-11-37-39(12-17)31(34)35/h3-6,9-12,18-19,22-23,31H,7-8,13-14H2,1-2H3/t18-,19-,22?,23+/m0/s1. The lowest BCUT2D eigenvalue weighted by Crippen LogP contribution is -2.41. The number of ether oxygens (including phenoxy) is 1. The first kappa shape index (κ1) is 27.8. The van der Waals surface area contributed by atoms with Crippen LogP contribution in [0.3, 0.4) is 0 Å². The second-order valence-corrected chi connectivity index (χ2v) is 11.9. The Balaban J connectivity index is 1.21. The summed E-state index contributed by atoms with van der Waals surface area (Å²) >= 11 is 6.64. The van der Waals surface area contributed by atoms with Crippen molar-refractivity contribution in [2.45, 2.75) is 57.2 Å². The summed E-state index contributed by atoms with van der Waals surface area (Å²) in [6.45, 7) is 1.75. The first-order valence-electron chi connectivity index (χ1n) is 14.0. The van der Waals surface area contributed by atoms with Crippen molar-refractivity contribution < 1.29 is 22.7 Å². The van der Waals surface area contributed by atoms with Gasteiger partial charge < -0.3 is 9.64 Å². The highest BCUT2D eigenvalue weighted by Crippen LogP contribution is 2.56. The van der Waals surface area contributed by atoms with Gasteiger partial charge in [-0.15, -0.1) is 0 Å². The number of alkyl halides is 2. The van der Waals surface area contributed by atoms with Gasteiger partial charge in [-0.1, -0.05) is 17.7 Å². The number of pyridine rings is 2. The summed E-state index contributed by atoms with van der Waals surface area (Å²) in [6, 6.07) is 8.06. The van der Waals surface area contributed by atoms with Crippen LogP contribution in [-0.2, 0) is 4.74 Å². The van der Waals surface area contributed by atoms with Crippen LogP contribution in [0.25, 0.3) is 16.9 Å². The summed E-state index contributed by atoms with van der Waals surface area (Å²) in [5.74, 6) is -1.21. The predicted molar refractivity (Wildman–Crippen MR) is 152 cm³/mol. The lowest BCUT2D eigenvalue weighted by Gasteiger charge is -2.27. The Labute approximate surface area is 249 Å². The van der Waals surface area contributed by atoms with Crippen molar-refractivity contribution in [3.05, 3.63) is 98.1 Å². The molecule has 1 unspecified atom stereocenters. The van der Waals surface area contributed by atoms with Crippen LogP contribution < -0.4 is 5.56 Å². The molecule has 2 aliphatic heterocycles. The summed E-state index contributed by atoms with van der Waals surface area (Å²) < 4.78 is 49.5. The molecule has 0 spiro atoms. The predicted octanol–water partition coefficient (Wildman–Crippen LogP) is 5.78. The molecular formula is C31H27ClF3N5O3. The molecule has 222 valence electrons. The van der Waals surface area contributed by atoms with Gasteiger partial charge in [0.1, 0.15) is 10.8 Å². The van der Waals surface area contributed by atoms with Crippen LogP contribution in [-0.4, -0.2) is 55.4 Å². The van der Waals surface area contributed by atoms with Crippen LogP contribution in [0.2, 0.25) is 5.02 Å². The lowest BCUT2D eigenvalue weighted by atomic mass is 10.0. The summed E-state index contributed by atoms with van der Waals surface area (Å²) in [6.07, 6.45) is 5.72. The zero-order chi connectivity index (χ0) is 30.2. The number of aryl methyl sites for hydroxylation is 2. The Morgan fingerprint density at radius 1 is 1.14 bits per heavy atom. The smallest absolute Gasteiger partial charge is 0.333 e. The summed E-state index contributed by atoms with van der Waals surface area (Å²) in [4.78, 5) is 33.0. The molecule has 5 heterocycles. The SMILES string of the molecule is Cc1cnc(-c2cccc(C(=O)N3C[C@@H]4C[C@H]3CO4)c2F)cc1-n1c(C)cc([C@@H]2CC2c2cnn(C(F)F)c2)c(Cl)c1=O. The van der Waals surface area contributed by atoms with Gasteiger partial charge in [-0.25, -0.2) is 9.07 Å². The van der Waals surface area contributed by atoms with E-state index in [2.05, 4.69) is 10.1 Å². The average Bonchev–Trinajstić information content (AvgIpc) is 3.32. The molecule has 3 fully saturated rings. The molecule has 1 aliphatic carbocycles. The number of rotatable bonds is 6. The van der Waals surface area contributed by atoms with Gasteiger partial charge >= 0.3 is 6.55 Å². The van der Waals surface area contributed by atoms with Crippen molar-refractivity contribution in [1.29, 1.82) is 0 Å². The van der Waals surface area contributed by atoms with Crippen LogP contribution in [0.15, 0.2) is 53.7 Å². The second-order valence-electron chi connectivity index (χ2n) is 11.5. The molecule has 3 aliphatic rings. The topological polar surface area (TPSA) is 82.2 Å². The fourth-order valence-corrected chi connectivity index (χ4v) is 6.74. The summed E-state index contributed by atoms with van der Waals surface area (Å²) in [7, 11) is 0. The van der Waals surface area contributed by atoms with Gasteiger partial charge in [0, 0.05) is 30.2 Å². The maximum absolute atomic E-state index is 15.9. The third kappa shape index (κ3) is 4.65. The molecule has 1 amide bonds. The molecule has 7 rings (SSSR count). The molecule has 43 heavy (non-hydrogen) atoms. The number of likely N-dealkylation sites (tertiary alicyclic amines) is 1. The zero-order valence-electron chi connectivity index (χ0n) is 23.3. The average molecular weight is 610 g/mol. The molecule has 4 atom stereocenters. The van der Waals surface area contributed by atoms with Crippen molar-refractivity contribution in [3.63, 3.8) is 0 Å². The van der Waals surface area contributed by atoms with Crippen LogP contribution >= 0.6 is 11.6 Å². The van der Waals surface area contributed by atoms with Gasteiger partial charge in [-0.05, 0) is 79.5 Å². The van der Waals surface area contributed by atoms with E-state index in [0.29, 0.717) is 52.3 Å². The number of carbonyl (C=O) groups is 1. The van der Waals surface area contributed by atoms with Crippen molar-refractivity contribution >= 4 is 17.5 Å². The number of nitrogens with zero attached hydrogens (tertiary/aromatic N) is 5. The third-order valence-electron chi connectivity index (χ3n) is 8.78. The lowest BCUT2D eigenvalue weighted by molar-refractivity contribution is 0.0256. The van der Waals surface area contributed by atoms with Gasteiger partial charge in [-0.2, -0.15) is 13.9 Å². The molecule has 0 radical (unpaired) electrons. The van der Waals surface area contributed by atoms with E-state index in [-0.39, 0.29) is 51.7 Å². The van der Waals surface area contributed by atoms with Crippen LogP contribution in [0.5, 0.6) is 0 Å². The molecule has 2 bridgehead atoms. The van der Waals surface area contributed by atoms with Crippen LogP contribution in [0.1, 0.15) is 64.0 Å². The number of benzene rings is 1. The van der Waals surface area contributed by atoms with Gasteiger partial charge in [0.2, 0.25) is 0 Å². The Kier molecular flexibility index (Phi) is 6.70. The van der Waals surface area contributed by atoms with Crippen LogP contribution in [0, 0.1) is 19.7 Å². The zero-order valence-corrected chi connectivity index (χ0v) is 24.1. The maximum Gasteiger partial charge on any atom is 0.333 e. The summed E-state index contributed by atoms with van der Waals surface area (Å²) in [5, 5.41) is 3.76.